The van der Waals surface area contributed by atoms with Gasteiger partial charge in [0.25, 0.3) is 0 Å². The van der Waals surface area contributed by atoms with Crippen LogP contribution in [-0.4, -0.2) is 22.2 Å². The number of anilines is 1. The summed E-state index contributed by atoms with van der Waals surface area (Å²) < 4.78 is 13.4. The normalized spacial score (nSPS) is 10.1. The molecule has 0 aliphatic heterocycles. The van der Waals surface area contributed by atoms with E-state index < -0.39 is 4.92 Å². The molecule has 0 fully saturated rings. The van der Waals surface area contributed by atoms with E-state index in [1.807, 2.05) is 0 Å². The van der Waals surface area contributed by atoms with Crippen molar-refractivity contribution in [2.24, 2.45) is 0 Å². The number of nitrogens with zero attached hydrogens (tertiary/aromatic N) is 3. The zero-order valence-corrected chi connectivity index (χ0v) is 12.8. The van der Waals surface area contributed by atoms with Crippen LogP contribution in [0.25, 0.3) is 0 Å². The van der Waals surface area contributed by atoms with Crippen LogP contribution in [-0.2, 0) is 5.75 Å². The van der Waals surface area contributed by atoms with Gasteiger partial charge in [0.15, 0.2) is 0 Å². The maximum absolute atomic E-state index is 13.4. The van der Waals surface area contributed by atoms with Crippen molar-refractivity contribution >= 4 is 23.3 Å². The number of nitrogens with one attached hydrogen (secondary N) is 1. The van der Waals surface area contributed by atoms with Crippen molar-refractivity contribution in [1.29, 1.82) is 5.26 Å². The third-order valence-electron chi connectivity index (χ3n) is 2.94. The third kappa shape index (κ3) is 4.66. The highest BCUT2D eigenvalue weighted by Crippen LogP contribution is 2.18. The minimum atomic E-state index is -0.639. The van der Waals surface area contributed by atoms with Gasteiger partial charge in [0, 0.05) is 24.1 Å². The van der Waals surface area contributed by atoms with E-state index in [2.05, 4.69) is 10.3 Å². The van der Waals surface area contributed by atoms with Gasteiger partial charge >= 0.3 is 5.69 Å². The summed E-state index contributed by atoms with van der Waals surface area (Å²) in [6, 6.07) is 11.0. The molecule has 1 N–H and O–H groups in total. The Morgan fingerprint density at radius 3 is 2.83 bits per heavy atom. The Balaban J connectivity index is 1.82. The summed E-state index contributed by atoms with van der Waals surface area (Å²) in [5.74, 6) is 1.45. The molecule has 0 radical (unpaired) electrons. The number of halogens is 1. The van der Waals surface area contributed by atoms with E-state index in [1.165, 1.54) is 18.2 Å². The number of thioether (sulfide) groups is 1. The van der Waals surface area contributed by atoms with Gasteiger partial charge in [0.2, 0.25) is 5.69 Å². The van der Waals surface area contributed by atoms with Crippen molar-refractivity contribution in [3.63, 3.8) is 0 Å². The molecule has 0 atom stereocenters. The van der Waals surface area contributed by atoms with Gasteiger partial charge < -0.3 is 5.32 Å². The molecular weight excluding hydrogens is 319 g/mol. The van der Waals surface area contributed by atoms with Crippen molar-refractivity contribution in [3.8, 4) is 6.07 Å². The van der Waals surface area contributed by atoms with Crippen LogP contribution in [0.15, 0.2) is 36.4 Å². The molecular formula is C15H13FN4O2S. The number of hydrogen-bond acceptors (Lipinski definition) is 6. The molecule has 1 aromatic heterocycles. The number of aromatic nitrogens is 1. The predicted molar refractivity (Wildman–Crippen MR) is 86.7 cm³/mol. The first-order valence-electron chi connectivity index (χ1n) is 6.72. The Kier molecular flexibility index (Phi) is 5.88. The number of benzene rings is 1. The molecule has 0 aliphatic carbocycles. The third-order valence-corrected chi connectivity index (χ3v) is 3.95. The average Bonchev–Trinajstić information content (AvgIpc) is 2.55. The largest absolute Gasteiger partial charge is 0.369 e. The van der Waals surface area contributed by atoms with Crippen LogP contribution in [0.1, 0.15) is 11.3 Å². The second kappa shape index (κ2) is 8.10. The lowest BCUT2D eigenvalue weighted by atomic mass is 10.2. The van der Waals surface area contributed by atoms with E-state index in [4.69, 9.17) is 5.26 Å². The molecule has 0 spiro atoms. The summed E-state index contributed by atoms with van der Waals surface area (Å²) in [5, 5.41) is 22.6. The zero-order chi connectivity index (χ0) is 16.7. The monoisotopic (exact) mass is 332 g/mol. The second-order valence-corrected chi connectivity index (χ2v) is 5.61. The van der Waals surface area contributed by atoms with Gasteiger partial charge in [0.05, 0.1) is 4.92 Å². The Morgan fingerprint density at radius 1 is 1.35 bits per heavy atom. The van der Waals surface area contributed by atoms with Gasteiger partial charge in [-0.15, -0.1) is 0 Å². The van der Waals surface area contributed by atoms with Crippen LogP contribution in [0.2, 0.25) is 0 Å². The summed E-state index contributed by atoms with van der Waals surface area (Å²) in [4.78, 5) is 14.0. The summed E-state index contributed by atoms with van der Waals surface area (Å²) in [6.07, 6.45) is 0. The molecule has 0 unspecified atom stereocenters. The molecule has 0 bridgehead atoms. The molecule has 6 nitrogen and oxygen atoms in total. The SMILES string of the molecule is N#Cc1nc(NCCSCc2ccccc2F)ccc1[N+](=O)[O-]. The van der Waals surface area contributed by atoms with Crippen LogP contribution in [0, 0.1) is 27.3 Å². The van der Waals surface area contributed by atoms with Gasteiger partial charge in [-0.1, -0.05) is 18.2 Å². The maximum Gasteiger partial charge on any atom is 0.305 e. The minimum Gasteiger partial charge on any atom is -0.369 e. The summed E-state index contributed by atoms with van der Waals surface area (Å²) in [6.45, 7) is 0.550. The Bertz CT molecular complexity index is 748. The molecule has 118 valence electrons. The Labute approximate surface area is 136 Å². The van der Waals surface area contributed by atoms with E-state index in [9.17, 15) is 14.5 Å². The molecule has 2 aromatic rings. The first kappa shape index (κ1) is 16.7. The van der Waals surface area contributed by atoms with Gasteiger partial charge in [-0.25, -0.2) is 9.37 Å². The lowest BCUT2D eigenvalue weighted by Crippen LogP contribution is -2.07. The van der Waals surface area contributed by atoms with Crippen LogP contribution < -0.4 is 5.32 Å². The zero-order valence-electron chi connectivity index (χ0n) is 12.0. The molecule has 23 heavy (non-hydrogen) atoms. The van der Waals surface area contributed by atoms with E-state index in [0.717, 1.165) is 0 Å². The minimum absolute atomic E-state index is 0.219. The van der Waals surface area contributed by atoms with E-state index in [1.54, 1.807) is 36.0 Å². The molecule has 0 aliphatic rings. The average molecular weight is 332 g/mol. The van der Waals surface area contributed by atoms with Crippen LogP contribution >= 0.6 is 11.8 Å². The quantitative estimate of drug-likeness (QED) is 0.475. The van der Waals surface area contributed by atoms with E-state index >= 15 is 0 Å². The lowest BCUT2D eigenvalue weighted by molar-refractivity contribution is -0.385. The van der Waals surface area contributed by atoms with Crippen molar-refractivity contribution in [2.45, 2.75) is 5.75 Å². The lowest BCUT2D eigenvalue weighted by Gasteiger charge is -2.06. The van der Waals surface area contributed by atoms with Crippen LogP contribution in [0.3, 0.4) is 0 Å². The Morgan fingerprint density at radius 2 is 2.13 bits per heavy atom. The van der Waals surface area contributed by atoms with E-state index in [0.29, 0.717) is 29.4 Å². The topological polar surface area (TPSA) is 91.8 Å². The smallest absolute Gasteiger partial charge is 0.305 e. The highest BCUT2D eigenvalue weighted by molar-refractivity contribution is 7.98. The number of rotatable bonds is 7. The Hall–Kier alpha value is -2.66. The summed E-state index contributed by atoms with van der Waals surface area (Å²) in [5.41, 5.74) is 0.115. The molecule has 0 amide bonds. The fourth-order valence-corrected chi connectivity index (χ4v) is 2.67. The van der Waals surface area contributed by atoms with Crippen LogP contribution in [0.5, 0.6) is 0 Å². The molecule has 1 aromatic carbocycles. The molecule has 0 saturated carbocycles. The molecule has 0 saturated heterocycles. The van der Waals surface area contributed by atoms with Crippen molar-refractivity contribution in [1.82, 2.24) is 4.98 Å². The highest BCUT2D eigenvalue weighted by atomic mass is 32.2. The molecule has 1 heterocycles. The first-order valence-corrected chi connectivity index (χ1v) is 7.88. The van der Waals surface area contributed by atoms with E-state index in [-0.39, 0.29) is 17.2 Å². The number of pyridine rings is 1. The predicted octanol–water partition coefficient (Wildman–Crippen LogP) is 3.35. The first-order chi connectivity index (χ1) is 11.1. The number of nitriles is 1. The molecule has 8 heteroatoms. The highest BCUT2D eigenvalue weighted by Gasteiger charge is 2.15. The maximum atomic E-state index is 13.4. The standard InChI is InChI=1S/C15H13FN4O2S/c16-12-4-2-1-3-11(12)10-23-8-7-18-15-6-5-14(20(21)22)13(9-17)19-15/h1-6H,7-8,10H2,(H,18,19). The van der Waals surface area contributed by atoms with Crippen LogP contribution in [0.4, 0.5) is 15.9 Å². The van der Waals surface area contributed by atoms with Crippen molar-refractivity contribution < 1.29 is 9.31 Å². The van der Waals surface area contributed by atoms with Gasteiger partial charge in [0.1, 0.15) is 17.7 Å². The number of nitro groups is 1. The number of hydrogen-bond donors (Lipinski definition) is 1. The van der Waals surface area contributed by atoms with Gasteiger partial charge in [-0.2, -0.15) is 17.0 Å². The summed E-state index contributed by atoms with van der Waals surface area (Å²) in [7, 11) is 0. The second-order valence-electron chi connectivity index (χ2n) is 4.50. The fraction of sp³-hybridized carbons (Fsp3) is 0.200. The van der Waals surface area contributed by atoms with Crippen molar-refractivity contribution in [3.05, 3.63) is 63.6 Å². The van der Waals surface area contributed by atoms with Gasteiger partial charge in [-0.3, -0.25) is 10.1 Å². The van der Waals surface area contributed by atoms with Crippen molar-refractivity contribution in [2.75, 3.05) is 17.6 Å². The molecule has 2 rings (SSSR count). The fourth-order valence-electron chi connectivity index (χ4n) is 1.83. The van der Waals surface area contributed by atoms with Gasteiger partial charge in [-0.05, 0) is 17.7 Å². The summed E-state index contributed by atoms with van der Waals surface area (Å²) >= 11 is 1.55.